The molecule has 158 valence electrons. The average Bonchev–Trinajstić information content (AvgIpc) is 3.21. The summed E-state index contributed by atoms with van der Waals surface area (Å²) in [6.07, 6.45) is 0. The first-order chi connectivity index (χ1) is 14.4. The van der Waals surface area contributed by atoms with Gasteiger partial charge < -0.3 is 4.74 Å². The van der Waals surface area contributed by atoms with Gasteiger partial charge in [0.2, 0.25) is 5.11 Å². The molecule has 30 heavy (non-hydrogen) atoms. The van der Waals surface area contributed by atoms with Gasteiger partial charge >= 0.3 is 10.2 Å². The van der Waals surface area contributed by atoms with Crippen molar-refractivity contribution in [3.63, 3.8) is 0 Å². The Morgan fingerprint density at radius 2 is 1.77 bits per heavy atom. The number of halogens is 1. The van der Waals surface area contributed by atoms with Crippen LogP contribution in [0.25, 0.3) is 0 Å². The largest absolute Gasteiger partial charge is 0.379 e. The predicted molar refractivity (Wildman–Crippen MR) is 121 cm³/mol. The van der Waals surface area contributed by atoms with Gasteiger partial charge in [0, 0.05) is 24.0 Å². The van der Waals surface area contributed by atoms with Gasteiger partial charge in [-0.2, -0.15) is 17.8 Å². The zero-order valence-corrected chi connectivity index (χ0v) is 18.5. The van der Waals surface area contributed by atoms with Gasteiger partial charge in [0.1, 0.15) is 0 Å². The van der Waals surface area contributed by atoms with Gasteiger partial charge in [-0.25, -0.2) is 9.73 Å². The maximum absolute atomic E-state index is 12.7. The number of nitrogens with zero attached hydrogens (tertiary/aromatic N) is 3. The molecule has 1 unspecified atom stereocenters. The van der Waals surface area contributed by atoms with E-state index in [1.807, 2.05) is 54.6 Å². The van der Waals surface area contributed by atoms with E-state index in [9.17, 15) is 8.42 Å². The van der Waals surface area contributed by atoms with Crippen LogP contribution in [-0.4, -0.2) is 61.4 Å². The Hall–Kier alpha value is -2.04. The first-order valence-corrected chi connectivity index (χ1v) is 11.7. The van der Waals surface area contributed by atoms with Gasteiger partial charge in [0.05, 0.1) is 25.5 Å². The predicted octanol–water partition coefficient (Wildman–Crippen LogP) is 2.60. The van der Waals surface area contributed by atoms with Gasteiger partial charge in [0.25, 0.3) is 0 Å². The number of morpholine rings is 1. The minimum atomic E-state index is -3.76. The van der Waals surface area contributed by atoms with E-state index in [1.165, 1.54) is 9.31 Å². The highest BCUT2D eigenvalue weighted by Gasteiger charge is 2.33. The van der Waals surface area contributed by atoms with E-state index in [-0.39, 0.29) is 11.0 Å². The second-order valence-electron chi connectivity index (χ2n) is 6.96. The fourth-order valence-corrected chi connectivity index (χ4v) is 5.11. The molecule has 2 heterocycles. The van der Waals surface area contributed by atoms with Crippen LogP contribution < -0.4 is 4.72 Å². The molecule has 1 fully saturated rings. The molecule has 2 aromatic rings. The topological polar surface area (TPSA) is 74.2 Å². The van der Waals surface area contributed by atoms with Gasteiger partial charge in [-0.05, 0) is 35.5 Å². The number of benzene rings is 2. The lowest BCUT2D eigenvalue weighted by Crippen LogP contribution is -2.50. The van der Waals surface area contributed by atoms with E-state index in [1.54, 1.807) is 0 Å². The van der Waals surface area contributed by atoms with Crippen LogP contribution in [0.3, 0.4) is 0 Å². The first-order valence-electron chi connectivity index (χ1n) is 9.50. The van der Waals surface area contributed by atoms with Crippen molar-refractivity contribution >= 4 is 44.9 Å². The van der Waals surface area contributed by atoms with Crippen LogP contribution in [0.4, 0.5) is 0 Å². The second-order valence-corrected chi connectivity index (χ2v) is 9.45. The summed E-state index contributed by atoms with van der Waals surface area (Å²) < 4.78 is 34.4. The van der Waals surface area contributed by atoms with Crippen LogP contribution in [0.15, 0.2) is 59.7 Å². The summed E-state index contributed by atoms with van der Waals surface area (Å²) in [5.74, 6) is -0.0572. The molecule has 1 atom stereocenters. The maximum Gasteiger partial charge on any atom is 0.303 e. The Morgan fingerprint density at radius 3 is 2.43 bits per heavy atom. The number of hydrogen-bond donors (Lipinski definition) is 1. The molecule has 0 spiro atoms. The van der Waals surface area contributed by atoms with Crippen molar-refractivity contribution in [2.24, 2.45) is 5.10 Å². The maximum atomic E-state index is 12.7. The zero-order chi connectivity index (χ0) is 21.1. The second kappa shape index (κ2) is 8.99. The van der Waals surface area contributed by atoms with Gasteiger partial charge in [0.15, 0.2) is 0 Å². The number of hydrogen-bond acceptors (Lipinski definition) is 5. The highest BCUT2D eigenvalue weighted by molar-refractivity contribution is 7.89. The summed E-state index contributed by atoms with van der Waals surface area (Å²) in [7, 11) is -3.76. The molecule has 0 bridgehead atoms. The molecule has 0 amide bonds. The van der Waals surface area contributed by atoms with Crippen molar-refractivity contribution in [3.8, 4) is 0 Å². The van der Waals surface area contributed by atoms with E-state index in [2.05, 4.69) is 9.82 Å². The van der Waals surface area contributed by atoms with Crippen LogP contribution in [0.5, 0.6) is 0 Å². The molecular weight excluding hydrogens is 444 g/mol. The van der Waals surface area contributed by atoms with Crippen LogP contribution in [-0.2, 0) is 14.9 Å². The fourth-order valence-electron chi connectivity index (χ4n) is 3.47. The quantitative estimate of drug-likeness (QED) is 0.704. The van der Waals surface area contributed by atoms with Crippen molar-refractivity contribution in [1.82, 2.24) is 14.0 Å². The van der Waals surface area contributed by atoms with Crippen LogP contribution in [0.2, 0.25) is 5.02 Å². The Labute approximate surface area is 186 Å². The van der Waals surface area contributed by atoms with Gasteiger partial charge in [-0.3, -0.25) is 0 Å². The van der Waals surface area contributed by atoms with Crippen molar-refractivity contribution in [2.45, 2.75) is 5.92 Å². The van der Waals surface area contributed by atoms with Crippen LogP contribution >= 0.6 is 23.8 Å². The monoisotopic (exact) mass is 464 g/mol. The van der Waals surface area contributed by atoms with Crippen molar-refractivity contribution < 1.29 is 13.2 Å². The van der Waals surface area contributed by atoms with Crippen LogP contribution in [0, 0.1) is 0 Å². The van der Waals surface area contributed by atoms with Crippen LogP contribution in [0.1, 0.15) is 17.0 Å². The minimum absolute atomic E-state index is 0.0476. The van der Waals surface area contributed by atoms with E-state index < -0.39 is 10.2 Å². The fraction of sp³-hybridized carbons (Fsp3) is 0.300. The summed E-state index contributed by atoms with van der Waals surface area (Å²) in [4.78, 5) is 0. The third-order valence-corrected chi connectivity index (χ3v) is 7.21. The van der Waals surface area contributed by atoms with Gasteiger partial charge in [-0.1, -0.05) is 54.1 Å². The Balaban J connectivity index is 1.58. The zero-order valence-electron chi connectivity index (χ0n) is 16.1. The van der Waals surface area contributed by atoms with Crippen molar-refractivity contribution in [1.29, 1.82) is 0 Å². The van der Waals surface area contributed by atoms with E-state index in [4.69, 9.17) is 28.6 Å². The highest BCUT2D eigenvalue weighted by Crippen LogP contribution is 2.29. The molecule has 7 nitrogen and oxygen atoms in total. The molecular formula is C20H21ClN4O3S2. The van der Waals surface area contributed by atoms with Crippen molar-refractivity contribution in [3.05, 3.63) is 70.7 Å². The lowest BCUT2D eigenvalue weighted by molar-refractivity contribution is 0.0727. The van der Waals surface area contributed by atoms with E-state index in [0.717, 1.165) is 16.8 Å². The Kier molecular flexibility index (Phi) is 6.35. The number of hydrazone groups is 1. The standard InChI is InChI=1S/C20H21ClN4O3S2/c21-17-8-6-16(7-9-17)19-18(15-4-2-1-3-5-15)14-25(22-19)20(29)23-30(26,27)24-10-12-28-13-11-24/h1-9,18H,10-14H2,(H,23,29). The SMILES string of the molecule is O=S(=O)(NC(=S)N1CC(c2ccccc2)C(c2ccc(Cl)cc2)=N1)N1CCOCC1. The Morgan fingerprint density at radius 1 is 1.10 bits per heavy atom. The molecule has 0 aliphatic carbocycles. The molecule has 10 heteroatoms. The third kappa shape index (κ3) is 4.65. The number of rotatable bonds is 4. The van der Waals surface area contributed by atoms with E-state index >= 15 is 0 Å². The summed E-state index contributed by atoms with van der Waals surface area (Å²) in [5.41, 5.74) is 2.80. The average molecular weight is 465 g/mol. The molecule has 1 N–H and O–H groups in total. The first kappa shape index (κ1) is 21.2. The minimum Gasteiger partial charge on any atom is -0.379 e. The Bertz CT molecular complexity index is 1040. The van der Waals surface area contributed by atoms with Crippen molar-refractivity contribution in [2.75, 3.05) is 32.8 Å². The molecule has 4 rings (SSSR count). The van der Waals surface area contributed by atoms with Gasteiger partial charge in [-0.15, -0.1) is 0 Å². The lowest BCUT2D eigenvalue weighted by Gasteiger charge is -2.27. The molecule has 0 radical (unpaired) electrons. The molecule has 0 aromatic heterocycles. The summed E-state index contributed by atoms with van der Waals surface area (Å²) in [5, 5.41) is 6.89. The number of thiocarbonyl (C=S) groups is 1. The summed E-state index contributed by atoms with van der Waals surface area (Å²) >= 11 is 11.4. The molecule has 2 aromatic carbocycles. The lowest BCUT2D eigenvalue weighted by atomic mass is 9.91. The summed E-state index contributed by atoms with van der Waals surface area (Å²) in [6.45, 7) is 1.76. The molecule has 2 aliphatic heterocycles. The van der Waals surface area contributed by atoms with E-state index in [0.29, 0.717) is 37.9 Å². The molecule has 2 aliphatic rings. The third-order valence-electron chi connectivity index (χ3n) is 5.02. The molecule has 0 saturated carbocycles. The summed E-state index contributed by atoms with van der Waals surface area (Å²) in [6, 6.07) is 17.4. The molecule has 1 saturated heterocycles. The number of ether oxygens (including phenoxy) is 1. The smallest absolute Gasteiger partial charge is 0.303 e. The number of nitrogens with one attached hydrogen (secondary N) is 1. The normalized spacial score (nSPS) is 20.1. The highest BCUT2D eigenvalue weighted by atomic mass is 35.5.